The van der Waals surface area contributed by atoms with E-state index in [-0.39, 0.29) is 0 Å². The number of hydrogen-bond donors (Lipinski definition) is 0. The van der Waals surface area contributed by atoms with Gasteiger partial charge in [-0.3, -0.25) is 9.59 Å². The zero-order valence-corrected chi connectivity index (χ0v) is 4.58. The molecular formula is C3ClF3O2. The lowest BCUT2D eigenvalue weighted by molar-refractivity contribution is -0.172. The van der Waals surface area contributed by atoms with Crippen molar-refractivity contribution in [3.05, 3.63) is 0 Å². The van der Waals surface area contributed by atoms with Crippen LogP contribution >= 0.6 is 11.6 Å². The molecule has 0 heterocycles. The molecule has 0 bridgehead atoms. The number of alkyl halides is 3. The van der Waals surface area contributed by atoms with Crippen molar-refractivity contribution < 1.29 is 22.8 Å². The first-order valence-electron chi connectivity index (χ1n) is 1.66. The Morgan fingerprint density at radius 1 is 1.22 bits per heavy atom. The third kappa shape index (κ3) is 2.46. The number of carbonyl (C=O) groups excluding carboxylic acids is 2. The van der Waals surface area contributed by atoms with Crippen molar-refractivity contribution in [1.82, 2.24) is 0 Å². The maximum atomic E-state index is 11.0. The Kier molecular flexibility index (Phi) is 2.19. The van der Waals surface area contributed by atoms with Crippen molar-refractivity contribution in [2.24, 2.45) is 0 Å². The summed E-state index contributed by atoms with van der Waals surface area (Å²) >= 11 is 4.20. The molecule has 0 aliphatic rings. The summed E-state index contributed by atoms with van der Waals surface area (Å²) in [6, 6.07) is 0. The first-order chi connectivity index (χ1) is 3.85. The highest BCUT2D eigenvalue weighted by Crippen LogP contribution is 2.16. The number of ketones is 1. The Balaban J connectivity index is 4.23. The topological polar surface area (TPSA) is 34.1 Å². The molecule has 0 amide bonds. The highest BCUT2D eigenvalue weighted by Gasteiger charge is 2.42. The molecule has 0 fully saturated rings. The molecule has 0 radical (unpaired) electrons. The van der Waals surface area contributed by atoms with E-state index in [1.54, 1.807) is 0 Å². The van der Waals surface area contributed by atoms with Gasteiger partial charge in [0.2, 0.25) is 0 Å². The number of hydrogen-bond acceptors (Lipinski definition) is 2. The van der Waals surface area contributed by atoms with Gasteiger partial charge < -0.3 is 0 Å². The van der Waals surface area contributed by atoms with Gasteiger partial charge in [-0.25, -0.2) is 0 Å². The second kappa shape index (κ2) is 2.34. The minimum Gasteiger partial charge on any atom is -0.279 e. The summed E-state index contributed by atoms with van der Waals surface area (Å²) in [4.78, 5) is 19.0. The van der Waals surface area contributed by atoms with Gasteiger partial charge >= 0.3 is 12.0 Å². The molecule has 0 atom stereocenters. The highest BCUT2D eigenvalue weighted by molar-refractivity contribution is 6.81. The maximum absolute atomic E-state index is 11.0. The highest BCUT2D eigenvalue weighted by atomic mass is 35.5. The summed E-state index contributed by atoms with van der Waals surface area (Å²) in [6.07, 6.45) is -5.14. The van der Waals surface area contributed by atoms with Gasteiger partial charge in [0.1, 0.15) is 0 Å². The fourth-order valence-corrected chi connectivity index (χ4v) is 0.219. The molecule has 0 spiro atoms. The van der Waals surface area contributed by atoms with Crippen LogP contribution < -0.4 is 0 Å². The molecule has 0 aromatic rings. The molecule has 0 rings (SSSR count). The molecule has 0 aliphatic heterocycles. The monoisotopic (exact) mass is 160 g/mol. The van der Waals surface area contributed by atoms with Crippen molar-refractivity contribution in [3.8, 4) is 0 Å². The van der Waals surface area contributed by atoms with Gasteiger partial charge in [-0.05, 0) is 11.6 Å². The average molecular weight is 160 g/mol. The number of rotatable bonds is 1. The SMILES string of the molecule is O=C(Cl)C(=O)C(F)(F)F. The van der Waals surface area contributed by atoms with Crippen molar-refractivity contribution in [2.75, 3.05) is 0 Å². The van der Waals surface area contributed by atoms with E-state index < -0.39 is 17.2 Å². The molecule has 0 saturated heterocycles. The Morgan fingerprint density at radius 3 is 1.56 bits per heavy atom. The molecule has 0 N–H and O–H groups in total. The molecular weight excluding hydrogens is 160 g/mol. The molecule has 0 aromatic heterocycles. The molecule has 52 valence electrons. The number of carbonyl (C=O) groups is 2. The van der Waals surface area contributed by atoms with Gasteiger partial charge in [-0.15, -0.1) is 0 Å². The quantitative estimate of drug-likeness (QED) is 0.422. The predicted molar refractivity (Wildman–Crippen MR) is 21.9 cm³/mol. The van der Waals surface area contributed by atoms with Gasteiger partial charge in [0.25, 0.3) is 5.24 Å². The van der Waals surface area contributed by atoms with Crippen LogP contribution in [0.15, 0.2) is 0 Å². The van der Waals surface area contributed by atoms with Crippen LogP contribution in [0, 0.1) is 0 Å². The van der Waals surface area contributed by atoms with E-state index in [0.717, 1.165) is 0 Å². The van der Waals surface area contributed by atoms with Gasteiger partial charge in [0, 0.05) is 0 Å². The molecule has 0 aliphatic carbocycles. The van der Waals surface area contributed by atoms with Gasteiger partial charge in [-0.1, -0.05) is 0 Å². The van der Waals surface area contributed by atoms with Crippen molar-refractivity contribution >= 4 is 22.6 Å². The largest absolute Gasteiger partial charge is 0.459 e. The van der Waals surface area contributed by atoms with Gasteiger partial charge in [0.15, 0.2) is 0 Å². The standard InChI is InChI=1S/C3ClF3O2/c4-2(9)1(8)3(5,6)7. The molecule has 0 saturated carbocycles. The average Bonchev–Trinajstić information content (AvgIpc) is 1.62. The Hall–Kier alpha value is -0.580. The summed E-state index contributed by atoms with van der Waals surface area (Å²) in [7, 11) is 0. The molecule has 6 heteroatoms. The number of Topliss-reactive ketones (excluding diaryl/α,β-unsaturated/α-hetero) is 1. The van der Waals surface area contributed by atoms with Crippen molar-refractivity contribution in [1.29, 1.82) is 0 Å². The van der Waals surface area contributed by atoms with E-state index in [1.165, 1.54) is 0 Å². The summed E-state index contributed by atoms with van der Waals surface area (Å²) in [5.74, 6) is -2.54. The zero-order valence-electron chi connectivity index (χ0n) is 3.83. The third-order valence-corrected chi connectivity index (χ3v) is 0.608. The van der Waals surface area contributed by atoms with E-state index in [0.29, 0.717) is 0 Å². The smallest absolute Gasteiger partial charge is 0.279 e. The Labute approximate surface area is 52.6 Å². The van der Waals surface area contributed by atoms with Crippen LogP contribution in [0.25, 0.3) is 0 Å². The third-order valence-electron chi connectivity index (χ3n) is 0.436. The normalized spacial score (nSPS) is 11.1. The zero-order chi connectivity index (χ0) is 7.65. The minimum atomic E-state index is -5.14. The van der Waals surface area contributed by atoms with Crippen LogP contribution in [-0.4, -0.2) is 17.2 Å². The Morgan fingerprint density at radius 2 is 1.56 bits per heavy atom. The maximum Gasteiger partial charge on any atom is 0.459 e. The molecule has 2 nitrogen and oxygen atoms in total. The van der Waals surface area contributed by atoms with E-state index in [9.17, 15) is 22.8 Å². The summed E-state index contributed by atoms with van der Waals surface area (Å²) in [6.45, 7) is 0. The van der Waals surface area contributed by atoms with E-state index in [4.69, 9.17) is 0 Å². The fourth-order valence-electron chi connectivity index (χ4n) is 0.111. The van der Waals surface area contributed by atoms with Crippen LogP contribution in [0.2, 0.25) is 0 Å². The first-order valence-corrected chi connectivity index (χ1v) is 2.04. The van der Waals surface area contributed by atoms with Crippen LogP contribution in [0.5, 0.6) is 0 Å². The summed E-state index contributed by atoms with van der Waals surface area (Å²) in [5.41, 5.74) is 0. The molecule has 0 unspecified atom stereocenters. The van der Waals surface area contributed by atoms with Crippen LogP contribution in [0.4, 0.5) is 13.2 Å². The molecule has 9 heavy (non-hydrogen) atoms. The minimum absolute atomic E-state index is 2.01. The lowest BCUT2D eigenvalue weighted by Crippen LogP contribution is -2.27. The summed E-state index contributed by atoms with van der Waals surface area (Å²) < 4.78 is 33.1. The lowest BCUT2D eigenvalue weighted by Gasteiger charge is -1.97. The van der Waals surface area contributed by atoms with Crippen molar-refractivity contribution in [3.63, 3.8) is 0 Å². The van der Waals surface area contributed by atoms with Crippen molar-refractivity contribution in [2.45, 2.75) is 6.18 Å². The van der Waals surface area contributed by atoms with Crippen LogP contribution in [-0.2, 0) is 9.59 Å². The lowest BCUT2D eigenvalue weighted by atomic mass is 10.4. The van der Waals surface area contributed by atoms with E-state index in [1.807, 2.05) is 0 Å². The van der Waals surface area contributed by atoms with Crippen LogP contribution in [0.3, 0.4) is 0 Å². The van der Waals surface area contributed by atoms with Gasteiger partial charge in [0.05, 0.1) is 0 Å². The van der Waals surface area contributed by atoms with E-state index >= 15 is 0 Å². The molecule has 0 aromatic carbocycles. The first kappa shape index (κ1) is 8.42. The predicted octanol–water partition coefficient (Wildman–Crippen LogP) is 0.883. The van der Waals surface area contributed by atoms with Crippen LogP contribution in [0.1, 0.15) is 0 Å². The second-order valence-corrected chi connectivity index (χ2v) is 1.44. The second-order valence-electron chi connectivity index (χ2n) is 1.10. The number of halogens is 4. The summed E-state index contributed by atoms with van der Waals surface area (Å²) in [5, 5.41) is -2.01. The Bertz CT molecular complexity index is 150. The fraction of sp³-hybridized carbons (Fsp3) is 0.333. The van der Waals surface area contributed by atoms with E-state index in [2.05, 4.69) is 11.6 Å². The van der Waals surface area contributed by atoms with Gasteiger partial charge in [-0.2, -0.15) is 13.2 Å².